The maximum absolute atomic E-state index is 11.6. The lowest BCUT2D eigenvalue weighted by molar-refractivity contribution is -0.148. The molecule has 1 aliphatic rings. The van der Waals surface area contributed by atoms with E-state index in [2.05, 4.69) is 14.9 Å². The molecule has 0 aliphatic carbocycles. The fourth-order valence-corrected chi connectivity index (χ4v) is 3.19. The average molecular weight is 365 g/mol. The summed E-state index contributed by atoms with van der Waals surface area (Å²) in [5.41, 5.74) is 5.67. The van der Waals surface area contributed by atoms with E-state index in [9.17, 15) is 4.79 Å². The van der Waals surface area contributed by atoms with Crippen LogP contribution in [0.5, 0.6) is 5.75 Å². The Morgan fingerprint density at radius 2 is 2.40 bits per heavy atom. The molecule has 1 fully saturated rings. The van der Waals surface area contributed by atoms with Gasteiger partial charge in [0.05, 0.1) is 19.4 Å². The first-order valence-corrected chi connectivity index (χ1v) is 8.43. The van der Waals surface area contributed by atoms with Gasteiger partial charge < -0.3 is 20.2 Å². The molecule has 1 aliphatic heterocycles. The van der Waals surface area contributed by atoms with Crippen molar-refractivity contribution in [1.82, 2.24) is 14.9 Å². The van der Waals surface area contributed by atoms with Crippen LogP contribution in [0.1, 0.15) is 12.1 Å². The predicted molar refractivity (Wildman–Crippen MR) is 93.3 cm³/mol. The van der Waals surface area contributed by atoms with Crippen LogP contribution in [0.15, 0.2) is 36.8 Å². The largest absolute Gasteiger partial charge is 0.490 e. The summed E-state index contributed by atoms with van der Waals surface area (Å²) in [7, 11) is 0. The molecule has 134 valence electrons. The van der Waals surface area contributed by atoms with Crippen molar-refractivity contribution in [3.63, 3.8) is 0 Å². The van der Waals surface area contributed by atoms with Crippen LogP contribution >= 0.6 is 11.6 Å². The summed E-state index contributed by atoms with van der Waals surface area (Å²) >= 11 is 5.99. The van der Waals surface area contributed by atoms with Crippen LogP contribution in [-0.4, -0.2) is 52.7 Å². The number of halogens is 1. The molecule has 1 saturated heterocycles. The summed E-state index contributed by atoms with van der Waals surface area (Å²) in [6.45, 7) is 2.71. The SMILES string of the molecule is NC(=O)C[C@@]1(COc2cccc(Cl)c2)CN(Cc2cnc[nH]2)CCO1. The summed E-state index contributed by atoms with van der Waals surface area (Å²) in [6.07, 6.45) is 3.52. The topological polar surface area (TPSA) is 93.5 Å². The number of rotatable bonds is 7. The van der Waals surface area contributed by atoms with Gasteiger partial charge in [0, 0.05) is 36.5 Å². The van der Waals surface area contributed by atoms with Crippen molar-refractivity contribution in [2.75, 3.05) is 26.3 Å². The maximum Gasteiger partial charge on any atom is 0.220 e. The lowest BCUT2D eigenvalue weighted by atomic mass is 9.97. The highest BCUT2D eigenvalue weighted by Crippen LogP contribution is 2.26. The average Bonchev–Trinajstić information content (AvgIpc) is 3.06. The highest BCUT2D eigenvalue weighted by molar-refractivity contribution is 6.30. The van der Waals surface area contributed by atoms with Crippen LogP contribution < -0.4 is 10.5 Å². The number of nitrogens with two attached hydrogens (primary N) is 1. The van der Waals surface area contributed by atoms with E-state index in [1.54, 1.807) is 24.7 Å². The van der Waals surface area contributed by atoms with Crippen molar-refractivity contribution in [1.29, 1.82) is 0 Å². The fraction of sp³-hybridized carbons (Fsp3) is 0.412. The maximum atomic E-state index is 11.6. The van der Waals surface area contributed by atoms with Crippen LogP contribution in [-0.2, 0) is 16.1 Å². The molecule has 2 heterocycles. The molecule has 0 saturated carbocycles. The van der Waals surface area contributed by atoms with Crippen molar-refractivity contribution < 1.29 is 14.3 Å². The van der Waals surface area contributed by atoms with Gasteiger partial charge in [-0.1, -0.05) is 17.7 Å². The molecule has 8 heteroatoms. The van der Waals surface area contributed by atoms with Gasteiger partial charge in [0.15, 0.2) is 0 Å². The Labute approximate surface area is 151 Å². The van der Waals surface area contributed by atoms with Gasteiger partial charge in [-0.2, -0.15) is 0 Å². The van der Waals surface area contributed by atoms with E-state index in [4.69, 9.17) is 26.8 Å². The first-order chi connectivity index (χ1) is 12.0. The number of primary amides is 1. The van der Waals surface area contributed by atoms with Gasteiger partial charge in [0.2, 0.25) is 5.91 Å². The Kier molecular flexibility index (Phi) is 5.57. The Balaban J connectivity index is 1.69. The third-order valence-electron chi connectivity index (χ3n) is 4.07. The highest BCUT2D eigenvalue weighted by atomic mass is 35.5. The molecule has 0 spiro atoms. The molecule has 3 rings (SSSR count). The molecule has 2 aromatic rings. The van der Waals surface area contributed by atoms with Crippen molar-refractivity contribution >= 4 is 17.5 Å². The number of morpholine rings is 1. The molecule has 1 amide bonds. The van der Waals surface area contributed by atoms with Gasteiger partial charge in [-0.05, 0) is 18.2 Å². The Morgan fingerprint density at radius 3 is 3.12 bits per heavy atom. The minimum absolute atomic E-state index is 0.0903. The second kappa shape index (κ2) is 7.86. The third-order valence-corrected chi connectivity index (χ3v) is 4.31. The van der Waals surface area contributed by atoms with E-state index in [1.165, 1.54) is 0 Å². The smallest absolute Gasteiger partial charge is 0.220 e. The Morgan fingerprint density at radius 1 is 1.52 bits per heavy atom. The van der Waals surface area contributed by atoms with E-state index in [0.717, 1.165) is 12.2 Å². The lowest BCUT2D eigenvalue weighted by Gasteiger charge is -2.41. The molecule has 1 atom stereocenters. The summed E-state index contributed by atoms with van der Waals surface area (Å²) in [5, 5.41) is 0.590. The Hall–Kier alpha value is -2.09. The zero-order valence-electron chi connectivity index (χ0n) is 13.8. The molecule has 0 unspecified atom stereocenters. The molecule has 1 aromatic carbocycles. The van der Waals surface area contributed by atoms with Crippen molar-refractivity contribution in [3.05, 3.63) is 47.5 Å². The number of H-pyrrole nitrogens is 1. The zero-order chi connectivity index (χ0) is 17.7. The van der Waals surface area contributed by atoms with E-state index in [1.807, 2.05) is 12.1 Å². The number of carbonyl (C=O) groups is 1. The van der Waals surface area contributed by atoms with E-state index in [0.29, 0.717) is 30.5 Å². The fourth-order valence-electron chi connectivity index (χ4n) is 3.00. The van der Waals surface area contributed by atoms with Crippen molar-refractivity contribution in [2.24, 2.45) is 5.73 Å². The van der Waals surface area contributed by atoms with E-state index >= 15 is 0 Å². The summed E-state index contributed by atoms with van der Waals surface area (Å²) in [6, 6.07) is 7.13. The number of nitrogens with one attached hydrogen (secondary N) is 1. The number of amides is 1. The van der Waals surface area contributed by atoms with E-state index < -0.39 is 11.5 Å². The minimum Gasteiger partial charge on any atom is -0.490 e. The number of nitrogens with zero attached hydrogens (tertiary/aromatic N) is 2. The molecule has 0 bridgehead atoms. The first kappa shape index (κ1) is 17.7. The Bertz CT molecular complexity index is 710. The predicted octanol–water partition coefficient (Wildman–Crippen LogP) is 1.59. The minimum atomic E-state index is -0.785. The van der Waals surface area contributed by atoms with Crippen LogP contribution in [0, 0.1) is 0 Å². The summed E-state index contributed by atoms with van der Waals surface area (Å²) in [5.74, 6) is 0.212. The number of aromatic nitrogens is 2. The van der Waals surface area contributed by atoms with Gasteiger partial charge in [-0.25, -0.2) is 4.98 Å². The molecule has 0 radical (unpaired) electrons. The first-order valence-electron chi connectivity index (χ1n) is 8.05. The monoisotopic (exact) mass is 364 g/mol. The standard InChI is InChI=1S/C17H21ClN4O3/c18-13-2-1-3-15(6-13)24-11-17(7-16(19)23)10-22(4-5-25-17)9-14-8-20-12-21-14/h1-3,6,8,12H,4-5,7,9-11H2,(H2,19,23)(H,20,21)/t17-/m0/s1. The third kappa shape index (κ3) is 4.94. The van der Waals surface area contributed by atoms with Crippen molar-refractivity contribution in [2.45, 2.75) is 18.6 Å². The number of imidazole rings is 1. The number of aromatic amines is 1. The zero-order valence-corrected chi connectivity index (χ0v) is 14.5. The lowest BCUT2D eigenvalue weighted by Crippen LogP contribution is -2.56. The molecular weight excluding hydrogens is 344 g/mol. The van der Waals surface area contributed by atoms with Crippen LogP contribution in [0.25, 0.3) is 0 Å². The molecule has 7 nitrogen and oxygen atoms in total. The normalized spacial score (nSPS) is 21.2. The van der Waals surface area contributed by atoms with Gasteiger partial charge in [0.1, 0.15) is 18.0 Å². The number of carbonyl (C=O) groups excluding carboxylic acids is 1. The summed E-state index contributed by atoms with van der Waals surface area (Å²) < 4.78 is 11.8. The van der Waals surface area contributed by atoms with Gasteiger partial charge in [0.25, 0.3) is 0 Å². The quantitative estimate of drug-likeness (QED) is 0.778. The number of hydrogen-bond acceptors (Lipinski definition) is 5. The van der Waals surface area contributed by atoms with Gasteiger partial charge in [-0.15, -0.1) is 0 Å². The van der Waals surface area contributed by atoms with Crippen molar-refractivity contribution in [3.8, 4) is 5.75 Å². The molecular formula is C17H21ClN4O3. The molecule has 25 heavy (non-hydrogen) atoms. The number of ether oxygens (including phenoxy) is 2. The van der Waals surface area contributed by atoms with Crippen LogP contribution in [0.2, 0.25) is 5.02 Å². The second-order valence-electron chi connectivity index (χ2n) is 6.21. The van der Waals surface area contributed by atoms with Crippen LogP contribution in [0.3, 0.4) is 0 Å². The highest BCUT2D eigenvalue weighted by Gasteiger charge is 2.39. The van der Waals surface area contributed by atoms with Crippen LogP contribution in [0.4, 0.5) is 0 Å². The van der Waals surface area contributed by atoms with Gasteiger partial charge >= 0.3 is 0 Å². The molecule has 1 aromatic heterocycles. The van der Waals surface area contributed by atoms with E-state index in [-0.39, 0.29) is 13.0 Å². The number of benzene rings is 1. The summed E-state index contributed by atoms with van der Waals surface area (Å²) in [4.78, 5) is 20.9. The number of hydrogen-bond donors (Lipinski definition) is 2. The second-order valence-corrected chi connectivity index (χ2v) is 6.64. The van der Waals surface area contributed by atoms with Gasteiger partial charge in [-0.3, -0.25) is 9.69 Å². The molecule has 3 N–H and O–H groups in total.